The molecule has 0 aliphatic carbocycles. The van der Waals surface area contributed by atoms with E-state index in [1.807, 2.05) is 0 Å². The third-order valence-electron chi connectivity index (χ3n) is 3.39. The van der Waals surface area contributed by atoms with Crippen LogP contribution < -0.4 is 11.1 Å². The van der Waals surface area contributed by atoms with Gasteiger partial charge in [0.25, 0.3) is 0 Å². The van der Waals surface area contributed by atoms with Gasteiger partial charge < -0.3 is 9.73 Å². The van der Waals surface area contributed by atoms with Crippen molar-refractivity contribution in [1.29, 1.82) is 0 Å². The number of halogens is 2. The smallest absolute Gasteiger partial charge is 0.388 e. The van der Waals surface area contributed by atoms with Gasteiger partial charge in [0.15, 0.2) is 0 Å². The molecule has 25 heavy (non-hydrogen) atoms. The van der Waals surface area contributed by atoms with Gasteiger partial charge in [-0.05, 0) is 42.0 Å². The second-order valence-electron chi connectivity index (χ2n) is 5.24. The second-order valence-corrected chi connectivity index (χ2v) is 5.24. The van der Waals surface area contributed by atoms with Gasteiger partial charge in [0, 0.05) is 12.1 Å². The summed E-state index contributed by atoms with van der Waals surface area (Å²) >= 11 is 0. The third kappa shape index (κ3) is 4.17. The van der Waals surface area contributed by atoms with Crippen LogP contribution in [0, 0.1) is 11.6 Å². The van der Waals surface area contributed by atoms with Crippen LogP contribution in [0.2, 0.25) is 0 Å². The van der Waals surface area contributed by atoms with Gasteiger partial charge in [-0.15, -0.1) is 5.10 Å². The van der Waals surface area contributed by atoms with E-state index in [4.69, 9.17) is 4.42 Å². The lowest BCUT2D eigenvalue weighted by atomic mass is 10.2. The third-order valence-corrected chi connectivity index (χ3v) is 3.39. The van der Waals surface area contributed by atoms with Crippen molar-refractivity contribution in [3.8, 4) is 11.5 Å². The van der Waals surface area contributed by atoms with Crippen molar-refractivity contribution in [2.24, 2.45) is 0 Å². The van der Waals surface area contributed by atoms with Crippen molar-refractivity contribution in [3.05, 3.63) is 76.3 Å². The Labute approximate surface area is 140 Å². The molecule has 1 N–H and O–H groups in total. The lowest BCUT2D eigenvalue weighted by molar-refractivity contribution is -0.122. The number of nitrogens with zero attached hydrogens (tertiary/aromatic N) is 2. The minimum absolute atomic E-state index is 0.00339. The Balaban J connectivity index is 1.64. The SMILES string of the molecule is O=C(Cn1nc(-c2ccc(F)cc2)oc1=O)NCc1ccc(F)cc1. The van der Waals surface area contributed by atoms with E-state index in [-0.39, 0.29) is 24.8 Å². The van der Waals surface area contributed by atoms with E-state index < -0.39 is 17.5 Å². The van der Waals surface area contributed by atoms with Crippen molar-refractivity contribution in [2.45, 2.75) is 13.1 Å². The van der Waals surface area contributed by atoms with E-state index in [2.05, 4.69) is 10.4 Å². The normalized spacial score (nSPS) is 10.6. The van der Waals surface area contributed by atoms with Gasteiger partial charge in [-0.25, -0.2) is 13.6 Å². The van der Waals surface area contributed by atoms with E-state index in [1.54, 1.807) is 12.1 Å². The zero-order valence-corrected chi connectivity index (χ0v) is 12.9. The topological polar surface area (TPSA) is 77.1 Å². The molecule has 0 unspecified atom stereocenters. The van der Waals surface area contributed by atoms with Crippen molar-refractivity contribution in [3.63, 3.8) is 0 Å². The molecule has 0 fully saturated rings. The molecule has 0 spiro atoms. The fourth-order valence-electron chi connectivity index (χ4n) is 2.11. The van der Waals surface area contributed by atoms with Crippen LogP contribution in [0.5, 0.6) is 0 Å². The van der Waals surface area contributed by atoms with Gasteiger partial charge in [0.1, 0.15) is 18.2 Å². The molecule has 2 aromatic carbocycles. The van der Waals surface area contributed by atoms with Crippen molar-refractivity contribution in [2.75, 3.05) is 0 Å². The van der Waals surface area contributed by atoms with Gasteiger partial charge in [-0.3, -0.25) is 4.79 Å². The number of carbonyl (C=O) groups excluding carboxylic acids is 1. The summed E-state index contributed by atoms with van der Waals surface area (Å²) in [6, 6.07) is 10.9. The molecule has 6 nitrogen and oxygen atoms in total. The average molecular weight is 345 g/mol. The van der Waals surface area contributed by atoms with Crippen LogP contribution in [0.15, 0.2) is 57.7 Å². The highest BCUT2D eigenvalue weighted by atomic mass is 19.1. The van der Waals surface area contributed by atoms with Gasteiger partial charge >= 0.3 is 5.76 Å². The van der Waals surface area contributed by atoms with Crippen LogP contribution in [0.25, 0.3) is 11.5 Å². The summed E-state index contributed by atoms with van der Waals surface area (Å²) in [5, 5.41) is 6.52. The molecule has 0 saturated heterocycles. The second kappa shape index (κ2) is 7.08. The molecule has 0 aliphatic rings. The standard InChI is InChI=1S/C17H13F2N3O3/c18-13-5-1-11(2-6-13)9-20-15(23)10-22-17(24)25-16(21-22)12-3-7-14(19)8-4-12/h1-8H,9-10H2,(H,20,23). The zero-order chi connectivity index (χ0) is 17.8. The first kappa shape index (κ1) is 16.6. The maximum absolute atomic E-state index is 12.9. The van der Waals surface area contributed by atoms with E-state index in [1.165, 1.54) is 36.4 Å². The van der Waals surface area contributed by atoms with E-state index in [0.29, 0.717) is 11.1 Å². The number of amides is 1. The maximum Gasteiger partial charge on any atom is 0.437 e. The molecule has 0 saturated carbocycles. The lowest BCUT2D eigenvalue weighted by Gasteiger charge is -2.04. The highest BCUT2D eigenvalue weighted by Gasteiger charge is 2.13. The van der Waals surface area contributed by atoms with Crippen LogP contribution in [-0.2, 0) is 17.9 Å². The van der Waals surface area contributed by atoms with Gasteiger partial charge in [-0.2, -0.15) is 4.68 Å². The van der Waals surface area contributed by atoms with E-state index in [0.717, 1.165) is 4.68 Å². The lowest BCUT2D eigenvalue weighted by Crippen LogP contribution is -2.31. The molecule has 128 valence electrons. The predicted octanol–water partition coefficient (Wildman–Crippen LogP) is 2.10. The molecule has 3 aromatic rings. The molecule has 0 bridgehead atoms. The van der Waals surface area contributed by atoms with Gasteiger partial charge in [0.05, 0.1) is 0 Å². The first-order chi connectivity index (χ1) is 12.0. The average Bonchev–Trinajstić information content (AvgIpc) is 2.95. The van der Waals surface area contributed by atoms with Crippen LogP contribution in [-0.4, -0.2) is 15.7 Å². The summed E-state index contributed by atoms with van der Waals surface area (Å²) in [5.74, 6) is -2.04. The summed E-state index contributed by atoms with van der Waals surface area (Å²) in [7, 11) is 0. The Bertz CT molecular complexity index is 931. The molecule has 3 rings (SSSR count). The molecule has 8 heteroatoms. The first-order valence-corrected chi connectivity index (χ1v) is 7.36. The molecule has 0 atom stereocenters. The van der Waals surface area contributed by atoms with Gasteiger partial charge in [-0.1, -0.05) is 12.1 Å². The molecule has 0 radical (unpaired) electrons. The molecule has 1 heterocycles. The number of carbonyl (C=O) groups is 1. The van der Waals surface area contributed by atoms with Crippen molar-refractivity contribution < 1.29 is 18.0 Å². The first-order valence-electron chi connectivity index (χ1n) is 7.36. The zero-order valence-electron chi connectivity index (χ0n) is 12.9. The summed E-state index contributed by atoms with van der Waals surface area (Å²) in [6.07, 6.45) is 0. The number of rotatable bonds is 5. The van der Waals surface area contributed by atoms with E-state index >= 15 is 0 Å². The Morgan fingerprint density at radius 1 is 1.04 bits per heavy atom. The number of aromatic nitrogens is 2. The molecule has 1 aromatic heterocycles. The fourth-order valence-corrected chi connectivity index (χ4v) is 2.11. The predicted molar refractivity (Wildman–Crippen MR) is 84.4 cm³/mol. The highest BCUT2D eigenvalue weighted by Crippen LogP contribution is 2.15. The summed E-state index contributed by atoms with van der Waals surface area (Å²) < 4.78 is 31.6. The van der Waals surface area contributed by atoms with Crippen molar-refractivity contribution >= 4 is 5.91 Å². The molecule has 0 aliphatic heterocycles. The molecular formula is C17H13F2N3O3. The molecular weight excluding hydrogens is 332 g/mol. The van der Waals surface area contributed by atoms with Crippen LogP contribution in [0.4, 0.5) is 8.78 Å². The van der Waals surface area contributed by atoms with Crippen molar-refractivity contribution in [1.82, 2.24) is 15.1 Å². The quantitative estimate of drug-likeness (QED) is 0.768. The van der Waals surface area contributed by atoms with Crippen LogP contribution in [0.1, 0.15) is 5.56 Å². The summed E-state index contributed by atoms with van der Waals surface area (Å²) in [5.41, 5.74) is 1.14. The van der Waals surface area contributed by atoms with Crippen LogP contribution in [0.3, 0.4) is 0 Å². The Morgan fingerprint density at radius 2 is 1.64 bits per heavy atom. The molecule has 1 amide bonds. The van der Waals surface area contributed by atoms with E-state index in [9.17, 15) is 18.4 Å². The summed E-state index contributed by atoms with van der Waals surface area (Å²) in [6.45, 7) is -0.138. The Morgan fingerprint density at radius 3 is 2.28 bits per heavy atom. The number of hydrogen-bond donors (Lipinski definition) is 1. The van der Waals surface area contributed by atoms with Gasteiger partial charge in [0.2, 0.25) is 11.8 Å². The maximum atomic E-state index is 12.9. The fraction of sp³-hybridized carbons (Fsp3) is 0.118. The number of nitrogens with one attached hydrogen (secondary N) is 1. The highest BCUT2D eigenvalue weighted by molar-refractivity contribution is 5.75. The number of hydrogen-bond acceptors (Lipinski definition) is 4. The Kier molecular flexibility index (Phi) is 4.69. The largest absolute Gasteiger partial charge is 0.437 e. The number of benzene rings is 2. The minimum Gasteiger partial charge on any atom is -0.388 e. The monoisotopic (exact) mass is 345 g/mol. The Hall–Kier alpha value is -3.29. The minimum atomic E-state index is -0.795. The summed E-state index contributed by atoms with van der Waals surface area (Å²) in [4.78, 5) is 23.7. The van der Waals surface area contributed by atoms with Crippen LogP contribution >= 0.6 is 0 Å².